The van der Waals surface area contributed by atoms with Crippen molar-refractivity contribution in [3.8, 4) is 11.1 Å². The van der Waals surface area contributed by atoms with Gasteiger partial charge >= 0.3 is 0 Å². The summed E-state index contributed by atoms with van der Waals surface area (Å²) in [6.45, 7) is 0. The number of benzene rings is 2. The third-order valence-electron chi connectivity index (χ3n) is 2.65. The number of halogens is 6. The van der Waals surface area contributed by atoms with Gasteiger partial charge in [0.15, 0.2) is 0 Å². The van der Waals surface area contributed by atoms with E-state index in [9.17, 15) is 10.1 Å². The van der Waals surface area contributed by atoms with Gasteiger partial charge in [-0.05, 0) is 12.1 Å². The van der Waals surface area contributed by atoms with Crippen LogP contribution in [-0.2, 0) is 0 Å². The van der Waals surface area contributed by atoms with Crippen molar-refractivity contribution in [3.63, 3.8) is 0 Å². The summed E-state index contributed by atoms with van der Waals surface area (Å²) in [5.41, 5.74) is -0.146. The average molecular weight is 406 g/mol. The van der Waals surface area contributed by atoms with Gasteiger partial charge in [0.05, 0.1) is 35.6 Å². The van der Waals surface area contributed by atoms with E-state index in [1.54, 1.807) is 0 Å². The number of para-hydroxylation sites is 1. The van der Waals surface area contributed by atoms with Gasteiger partial charge in [-0.25, -0.2) is 0 Å². The van der Waals surface area contributed by atoms with E-state index in [2.05, 4.69) is 0 Å². The number of nitrogens with zero attached hydrogens (tertiary/aromatic N) is 1. The fourth-order valence-electron chi connectivity index (χ4n) is 1.74. The highest BCUT2D eigenvalue weighted by atomic mass is 35.5. The zero-order chi connectivity index (χ0) is 15.9. The van der Waals surface area contributed by atoms with Crippen LogP contribution in [0.5, 0.6) is 0 Å². The molecule has 0 bridgehead atoms. The zero-order valence-corrected chi connectivity index (χ0v) is 14.3. The molecule has 3 nitrogen and oxygen atoms in total. The first-order valence-electron chi connectivity index (χ1n) is 5.22. The Morgan fingerprint density at radius 3 is 1.76 bits per heavy atom. The summed E-state index contributed by atoms with van der Waals surface area (Å²) in [7, 11) is 0. The second-order valence-corrected chi connectivity index (χ2v) is 6.14. The molecule has 0 fully saturated rings. The van der Waals surface area contributed by atoms with Crippen molar-refractivity contribution in [2.75, 3.05) is 0 Å². The van der Waals surface area contributed by atoms with Gasteiger partial charge in [-0.15, -0.1) is 0 Å². The van der Waals surface area contributed by atoms with Crippen LogP contribution in [0, 0.1) is 10.1 Å². The second-order valence-electron chi connectivity index (χ2n) is 3.84. The number of nitro benzene ring substituents is 1. The molecule has 0 aliphatic carbocycles. The summed E-state index contributed by atoms with van der Waals surface area (Å²) in [5, 5.41) is 11.0. The lowest BCUT2D eigenvalue weighted by molar-refractivity contribution is -0.384. The quantitative estimate of drug-likeness (QED) is 0.230. The molecule has 0 N–H and O–H groups in total. The van der Waals surface area contributed by atoms with Crippen molar-refractivity contribution in [2.45, 2.75) is 0 Å². The normalized spacial score (nSPS) is 10.8. The molecule has 0 saturated heterocycles. The fraction of sp³-hybridized carbons (Fsp3) is 0. The van der Waals surface area contributed by atoms with Crippen LogP contribution in [0.2, 0.25) is 30.1 Å². The van der Waals surface area contributed by atoms with Crippen LogP contribution in [0.25, 0.3) is 11.1 Å². The minimum absolute atomic E-state index is 0.0261. The number of rotatable bonds is 2. The standard InChI is InChI=1S/C12H3Cl6NO2/c13-5-3-1-2-4(12(5)19(20)21)6-7(14)9(16)11(18)10(17)8(6)15/h1-3H. The molecular formula is C12H3Cl6NO2. The average Bonchev–Trinajstić information content (AvgIpc) is 2.43. The maximum atomic E-state index is 11.2. The molecule has 0 radical (unpaired) electrons. The van der Waals surface area contributed by atoms with E-state index in [-0.39, 0.29) is 47.0 Å². The van der Waals surface area contributed by atoms with Crippen LogP contribution in [0.15, 0.2) is 18.2 Å². The molecule has 2 aromatic carbocycles. The molecule has 9 heteroatoms. The van der Waals surface area contributed by atoms with Crippen molar-refractivity contribution < 1.29 is 4.92 Å². The van der Waals surface area contributed by atoms with E-state index in [1.807, 2.05) is 0 Å². The van der Waals surface area contributed by atoms with E-state index < -0.39 is 4.92 Å². The molecule has 0 aromatic heterocycles. The predicted octanol–water partition coefficient (Wildman–Crippen LogP) is 7.18. The number of hydrogen-bond acceptors (Lipinski definition) is 2. The minimum atomic E-state index is -0.638. The lowest BCUT2D eigenvalue weighted by Crippen LogP contribution is -1.95. The van der Waals surface area contributed by atoms with Gasteiger partial charge in [0, 0.05) is 5.56 Å². The lowest BCUT2D eigenvalue weighted by Gasteiger charge is -2.13. The molecule has 0 atom stereocenters. The van der Waals surface area contributed by atoms with E-state index in [0.29, 0.717) is 0 Å². The van der Waals surface area contributed by atoms with Gasteiger partial charge in [-0.1, -0.05) is 75.7 Å². The molecule has 110 valence electrons. The predicted molar refractivity (Wildman–Crippen MR) is 88.6 cm³/mol. The molecule has 0 aliphatic heterocycles. The van der Waals surface area contributed by atoms with Crippen LogP contribution in [0.4, 0.5) is 5.69 Å². The van der Waals surface area contributed by atoms with Crippen LogP contribution >= 0.6 is 69.6 Å². The second kappa shape index (κ2) is 6.37. The summed E-state index contributed by atoms with van der Waals surface area (Å²) < 4.78 is 0. The Hall–Kier alpha value is -0.420. The Labute approximate surface area is 149 Å². The monoisotopic (exact) mass is 403 g/mol. The molecule has 2 aromatic rings. The van der Waals surface area contributed by atoms with Gasteiger partial charge in [0.1, 0.15) is 5.02 Å². The molecule has 0 spiro atoms. The number of nitro groups is 1. The molecular weight excluding hydrogens is 403 g/mol. The topological polar surface area (TPSA) is 43.1 Å². The lowest BCUT2D eigenvalue weighted by atomic mass is 10.0. The van der Waals surface area contributed by atoms with Crippen LogP contribution in [0.1, 0.15) is 0 Å². The first kappa shape index (κ1) is 16.9. The first-order chi connectivity index (χ1) is 9.77. The smallest absolute Gasteiger partial charge is 0.258 e. The largest absolute Gasteiger partial charge is 0.295 e. The SMILES string of the molecule is O=[N+]([O-])c1c(Cl)cccc1-c1c(Cl)c(Cl)c(Cl)c(Cl)c1Cl. The zero-order valence-electron chi connectivity index (χ0n) is 9.76. The summed E-state index contributed by atoms with van der Waals surface area (Å²) >= 11 is 35.9. The van der Waals surface area contributed by atoms with Crippen molar-refractivity contribution in [3.05, 3.63) is 58.4 Å². The van der Waals surface area contributed by atoms with Crippen LogP contribution in [0.3, 0.4) is 0 Å². The Kier molecular flexibility index (Phi) is 5.14. The maximum absolute atomic E-state index is 11.2. The van der Waals surface area contributed by atoms with Crippen molar-refractivity contribution >= 4 is 75.3 Å². The Balaban J connectivity index is 2.93. The highest BCUT2D eigenvalue weighted by molar-refractivity contribution is 6.56. The molecule has 0 aliphatic rings. The van der Waals surface area contributed by atoms with Crippen molar-refractivity contribution in [2.24, 2.45) is 0 Å². The van der Waals surface area contributed by atoms with Gasteiger partial charge in [0.25, 0.3) is 5.69 Å². The number of hydrogen-bond donors (Lipinski definition) is 0. The Morgan fingerprint density at radius 1 is 0.810 bits per heavy atom. The van der Waals surface area contributed by atoms with Crippen molar-refractivity contribution in [1.29, 1.82) is 0 Å². The van der Waals surface area contributed by atoms with Crippen LogP contribution in [-0.4, -0.2) is 4.92 Å². The molecule has 0 amide bonds. The summed E-state index contributed by atoms with van der Waals surface area (Å²) in [4.78, 5) is 10.6. The molecule has 0 saturated carbocycles. The molecule has 21 heavy (non-hydrogen) atoms. The third kappa shape index (κ3) is 2.91. The summed E-state index contributed by atoms with van der Waals surface area (Å²) in [6, 6.07) is 4.34. The Bertz CT molecular complexity index is 733. The van der Waals surface area contributed by atoms with E-state index in [1.165, 1.54) is 18.2 Å². The Morgan fingerprint density at radius 2 is 1.29 bits per heavy atom. The molecule has 0 unspecified atom stereocenters. The summed E-state index contributed by atoms with van der Waals surface area (Å²) in [6.07, 6.45) is 0. The first-order valence-corrected chi connectivity index (χ1v) is 7.48. The fourth-order valence-corrected chi connectivity index (χ4v) is 3.33. The summed E-state index contributed by atoms with van der Waals surface area (Å²) in [5.74, 6) is 0. The van der Waals surface area contributed by atoms with Gasteiger partial charge < -0.3 is 0 Å². The van der Waals surface area contributed by atoms with E-state index in [4.69, 9.17) is 69.6 Å². The highest BCUT2D eigenvalue weighted by Gasteiger charge is 2.27. The minimum Gasteiger partial charge on any atom is -0.258 e. The van der Waals surface area contributed by atoms with Crippen molar-refractivity contribution in [1.82, 2.24) is 0 Å². The highest BCUT2D eigenvalue weighted by Crippen LogP contribution is 2.50. The van der Waals surface area contributed by atoms with E-state index >= 15 is 0 Å². The van der Waals surface area contributed by atoms with Crippen LogP contribution < -0.4 is 0 Å². The van der Waals surface area contributed by atoms with Gasteiger partial charge in [-0.3, -0.25) is 10.1 Å². The molecule has 2 rings (SSSR count). The van der Waals surface area contributed by atoms with Gasteiger partial charge in [0.2, 0.25) is 0 Å². The third-order valence-corrected chi connectivity index (χ3v) is 5.23. The molecule has 0 heterocycles. The van der Waals surface area contributed by atoms with Gasteiger partial charge in [-0.2, -0.15) is 0 Å². The maximum Gasteiger partial charge on any atom is 0.295 e. The van der Waals surface area contributed by atoms with E-state index in [0.717, 1.165) is 0 Å².